The Kier molecular flexibility index (Phi) is 3.35. The molecule has 0 amide bonds. The molecule has 1 atom stereocenters. The summed E-state index contributed by atoms with van der Waals surface area (Å²) >= 11 is 0. The highest BCUT2D eigenvalue weighted by Gasteiger charge is 1.74. The van der Waals surface area contributed by atoms with Gasteiger partial charge in [-0.1, -0.05) is 5.04 Å². The molecule has 0 radical (unpaired) electrons. The zero-order valence-electron chi connectivity index (χ0n) is 3.38. The lowest BCUT2D eigenvalue weighted by molar-refractivity contribution is -0.432. The van der Waals surface area contributed by atoms with Crippen molar-refractivity contribution in [1.29, 1.82) is 0 Å². The van der Waals surface area contributed by atoms with Crippen LogP contribution in [0.3, 0.4) is 0 Å². The Morgan fingerprint density at radius 1 is 1.83 bits per heavy atom. The molecule has 0 aromatic heterocycles. The smallest absolute Gasteiger partial charge is 0.00344 e. The first-order valence-corrected chi connectivity index (χ1v) is 2.94. The van der Waals surface area contributed by atoms with Gasteiger partial charge in [0.2, 0.25) is 0 Å². The lowest BCUT2D eigenvalue weighted by Gasteiger charge is -1.89. The predicted octanol–water partition coefficient (Wildman–Crippen LogP) is 0.653. The lowest BCUT2D eigenvalue weighted by Crippen LogP contribution is -1.76. The van der Waals surface area contributed by atoms with Gasteiger partial charge >= 0.3 is 0 Å². The molecule has 1 N–H and O–H groups in total. The van der Waals surface area contributed by atoms with Crippen LogP contribution in [0.1, 0.15) is 0 Å². The summed E-state index contributed by atoms with van der Waals surface area (Å²) in [7, 11) is -0.538. The summed E-state index contributed by atoms with van der Waals surface area (Å²) in [5.41, 5.74) is 0. The quantitative estimate of drug-likeness (QED) is 0.322. The Hall–Kier alpha value is 0.1000. The Balaban J connectivity index is 2.83. The largest absolute Gasteiger partial charge is 0.220 e. The maximum Gasteiger partial charge on any atom is 0.00344 e. The van der Waals surface area contributed by atoms with Gasteiger partial charge in [0, 0.05) is 6.26 Å². The van der Waals surface area contributed by atoms with Crippen LogP contribution in [0.15, 0.2) is 0 Å². The summed E-state index contributed by atoms with van der Waals surface area (Å²) < 4.78 is 4.01. The van der Waals surface area contributed by atoms with Crippen LogP contribution in [0.4, 0.5) is 0 Å². The second kappa shape index (κ2) is 3.30. The molecule has 0 aromatic carbocycles. The minimum atomic E-state index is -0.538. The average molecular weight is 110 g/mol. The van der Waals surface area contributed by atoms with Crippen LogP contribution in [0.2, 0.25) is 0 Å². The molecule has 0 aliphatic rings. The lowest BCUT2D eigenvalue weighted by atomic mass is 11.9. The van der Waals surface area contributed by atoms with Gasteiger partial charge in [-0.3, -0.25) is 0 Å². The third-order valence-corrected chi connectivity index (χ3v) is 0.440. The minimum Gasteiger partial charge on any atom is -0.220 e. The maximum absolute atomic E-state index is 7.48. The molecule has 0 bridgehead atoms. The van der Waals surface area contributed by atoms with Crippen molar-refractivity contribution in [2.24, 2.45) is 0 Å². The van der Waals surface area contributed by atoms with E-state index in [0.717, 1.165) is 0 Å². The van der Waals surface area contributed by atoms with E-state index in [9.17, 15) is 0 Å². The summed E-state index contributed by atoms with van der Waals surface area (Å²) in [5.74, 6) is 3.35. The highest BCUT2D eigenvalue weighted by molar-refractivity contribution is 8.09. The minimum absolute atomic E-state index is 0.538. The van der Waals surface area contributed by atoms with Gasteiger partial charge in [-0.25, -0.2) is 5.26 Å². The number of rotatable bonds is 2. The van der Waals surface area contributed by atoms with Crippen LogP contribution in [0.5, 0.6) is 0 Å². The van der Waals surface area contributed by atoms with E-state index in [1.165, 1.54) is 0 Å². The van der Waals surface area contributed by atoms with Crippen LogP contribution in [0.25, 0.3) is 0 Å². The molecule has 0 heterocycles. The van der Waals surface area contributed by atoms with Crippen molar-refractivity contribution in [3.63, 3.8) is 0 Å². The van der Waals surface area contributed by atoms with Gasteiger partial charge in [0.15, 0.2) is 0 Å². The fourth-order valence-corrected chi connectivity index (χ4v) is 0.156. The molecule has 38 valence electrons. The van der Waals surface area contributed by atoms with Crippen molar-refractivity contribution in [2.75, 3.05) is 6.26 Å². The van der Waals surface area contributed by atoms with E-state index < -0.39 is 10.8 Å². The molecule has 0 aliphatic heterocycles. The highest BCUT2D eigenvalue weighted by atomic mass is 32.2. The third kappa shape index (κ3) is 4.10. The van der Waals surface area contributed by atoms with Gasteiger partial charge in [0.05, 0.1) is 0 Å². The molecular formula is C2H6O3S. The Morgan fingerprint density at radius 2 is 2.33 bits per heavy atom. The topological polar surface area (TPSA) is 38.7 Å². The van der Waals surface area contributed by atoms with Gasteiger partial charge < -0.3 is 0 Å². The van der Waals surface area contributed by atoms with Crippen molar-refractivity contribution in [3.8, 4) is 0 Å². The number of hydrogen-bond donors (Lipinski definition) is 1. The molecule has 0 rings (SSSR count). The summed E-state index contributed by atoms with van der Waals surface area (Å²) in [4.78, 5) is 0. The van der Waals surface area contributed by atoms with Crippen LogP contribution < -0.4 is 0 Å². The van der Waals surface area contributed by atoms with Crippen molar-refractivity contribution in [1.82, 2.24) is 0 Å². The van der Waals surface area contributed by atoms with E-state index >= 15 is 0 Å². The molecule has 0 saturated heterocycles. The summed E-state index contributed by atoms with van der Waals surface area (Å²) in [6.07, 6.45) is 1.66. The first-order valence-electron chi connectivity index (χ1n) is 1.21. The van der Waals surface area contributed by atoms with Crippen LogP contribution in [0, 0.1) is 0 Å². The van der Waals surface area contributed by atoms with Gasteiger partial charge in [0.1, 0.15) is 0 Å². The third-order valence-electron chi connectivity index (χ3n) is 0.147. The fraction of sp³-hybridized carbons (Fsp3) is 0.500. The molecule has 6 heavy (non-hydrogen) atoms. The van der Waals surface area contributed by atoms with E-state index in [4.69, 9.17) is 5.26 Å². The Bertz CT molecular complexity index is 52.8. The molecule has 3 nitrogen and oxygen atoms in total. The van der Waals surface area contributed by atoms with Gasteiger partial charge in [-0.15, -0.1) is 4.33 Å². The van der Waals surface area contributed by atoms with Crippen LogP contribution in [-0.4, -0.2) is 17.4 Å². The zero-order valence-corrected chi connectivity index (χ0v) is 4.20. The summed E-state index contributed by atoms with van der Waals surface area (Å²) in [5, 5.41) is 10.7. The van der Waals surface area contributed by atoms with Crippen LogP contribution >= 0.6 is 10.8 Å². The van der Waals surface area contributed by atoms with E-state index in [1.807, 2.05) is 0 Å². The monoisotopic (exact) mass is 110 g/mol. The first kappa shape index (κ1) is 6.10. The average Bonchev–Trinajstić information content (AvgIpc) is 1.35. The second-order valence-electron chi connectivity index (χ2n) is 0.716. The Morgan fingerprint density at radius 3 is 2.33 bits per heavy atom. The molecule has 0 saturated carbocycles. The molecule has 0 fully saturated rings. The summed E-state index contributed by atoms with van der Waals surface area (Å²) in [6.45, 7) is 0. The maximum atomic E-state index is 7.48. The van der Waals surface area contributed by atoms with Crippen molar-refractivity contribution >= 4 is 16.6 Å². The van der Waals surface area contributed by atoms with Crippen LogP contribution in [-0.2, 0) is 9.37 Å². The molecular weight excluding hydrogens is 104 g/mol. The predicted molar refractivity (Wildman–Crippen MR) is 25.4 cm³/mol. The van der Waals surface area contributed by atoms with E-state index in [2.05, 4.69) is 15.2 Å². The molecule has 0 aliphatic carbocycles. The fourth-order valence-electron chi connectivity index (χ4n) is 0.0519. The van der Waals surface area contributed by atoms with E-state index in [-0.39, 0.29) is 0 Å². The number of hydrogen-bond acceptors (Lipinski definition) is 3. The molecule has 1 unspecified atom stereocenters. The standard InChI is InChI=1S/C2H6O3S/c1-6(2)5-4-3/h3H,1H2,2H3. The Labute approximate surface area is 38.5 Å². The zero-order chi connectivity index (χ0) is 4.99. The van der Waals surface area contributed by atoms with Crippen molar-refractivity contribution < 1.29 is 14.6 Å². The SMILES string of the molecule is C=S(C)OOO. The van der Waals surface area contributed by atoms with E-state index in [1.54, 1.807) is 6.26 Å². The summed E-state index contributed by atoms with van der Waals surface area (Å²) in [6, 6.07) is 0. The normalized spacial score (nSPS) is 14.3. The molecule has 0 aromatic rings. The first-order chi connectivity index (χ1) is 2.77. The highest BCUT2D eigenvalue weighted by Crippen LogP contribution is 2.01. The molecule has 4 heteroatoms. The van der Waals surface area contributed by atoms with Crippen molar-refractivity contribution in [3.05, 3.63) is 0 Å². The van der Waals surface area contributed by atoms with Gasteiger partial charge in [-0.2, -0.15) is 0 Å². The van der Waals surface area contributed by atoms with Crippen molar-refractivity contribution in [2.45, 2.75) is 0 Å². The second-order valence-corrected chi connectivity index (χ2v) is 2.00. The van der Waals surface area contributed by atoms with E-state index in [0.29, 0.717) is 0 Å². The molecule has 0 spiro atoms. The van der Waals surface area contributed by atoms with Gasteiger partial charge in [0.25, 0.3) is 0 Å². The van der Waals surface area contributed by atoms with Gasteiger partial charge in [-0.05, 0) is 16.6 Å².